The predicted molar refractivity (Wildman–Crippen MR) is 132 cm³/mol. The van der Waals surface area contributed by atoms with E-state index in [0.717, 1.165) is 42.6 Å². The van der Waals surface area contributed by atoms with Crippen LogP contribution in [0.1, 0.15) is 52.9 Å². The van der Waals surface area contributed by atoms with Crippen LogP contribution in [0.4, 0.5) is 4.39 Å². The first-order chi connectivity index (χ1) is 16.4. The van der Waals surface area contributed by atoms with Gasteiger partial charge < -0.3 is 15.0 Å². The van der Waals surface area contributed by atoms with Crippen LogP contribution in [0.15, 0.2) is 72.6 Å². The molecule has 0 unspecified atom stereocenters. The van der Waals surface area contributed by atoms with Gasteiger partial charge in [-0.1, -0.05) is 42.0 Å². The molecule has 4 rings (SSSR count). The largest absolute Gasteiger partial charge is 0.495 e. The minimum Gasteiger partial charge on any atom is -0.495 e. The van der Waals surface area contributed by atoms with Crippen LogP contribution in [-0.4, -0.2) is 43.0 Å². The van der Waals surface area contributed by atoms with E-state index in [2.05, 4.69) is 34.4 Å². The Kier molecular flexibility index (Phi) is 7.38. The summed E-state index contributed by atoms with van der Waals surface area (Å²) in [5.74, 6) is 0.103. The van der Waals surface area contributed by atoms with Gasteiger partial charge in [-0.15, -0.1) is 0 Å². The number of aromatic nitrogens is 1. The summed E-state index contributed by atoms with van der Waals surface area (Å²) in [6.45, 7) is 3.98. The number of hydrogen-bond acceptors (Lipinski definition) is 4. The molecule has 0 aliphatic carbocycles. The Morgan fingerprint density at radius 1 is 1.00 bits per heavy atom. The Bertz CT molecular complexity index is 1160. The van der Waals surface area contributed by atoms with E-state index in [1.165, 1.54) is 29.5 Å². The fourth-order valence-corrected chi connectivity index (χ4v) is 4.29. The number of rotatable bonds is 6. The van der Waals surface area contributed by atoms with Gasteiger partial charge in [-0.25, -0.2) is 4.39 Å². The lowest BCUT2D eigenvalue weighted by Crippen LogP contribution is -2.27. The lowest BCUT2D eigenvalue weighted by atomic mass is 9.88. The molecule has 176 valence electrons. The van der Waals surface area contributed by atoms with Crippen LogP contribution in [-0.2, 0) is 0 Å². The summed E-state index contributed by atoms with van der Waals surface area (Å²) in [6.07, 6.45) is 5.07. The second-order valence-electron chi connectivity index (χ2n) is 8.72. The summed E-state index contributed by atoms with van der Waals surface area (Å²) in [7, 11) is 3.68. The minimum atomic E-state index is -0.234. The normalized spacial score (nSPS) is 15.0. The van der Waals surface area contributed by atoms with Gasteiger partial charge in [-0.3, -0.25) is 9.78 Å². The third kappa shape index (κ3) is 5.51. The molecule has 2 aromatic carbocycles. The zero-order valence-electron chi connectivity index (χ0n) is 19.8. The van der Waals surface area contributed by atoms with Crippen molar-refractivity contribution in [1.29, 1.82) is 0 Å². The molecular formula is C28H30FN3O2. The van der Waals surface area contributed by atoms with Gasteiger partial charge in [0.05, 0.1) is 24.9 Å². The van der Waals surface area contributed by atoms with E-state index in [-0.39, 0.29) is 17.8 Å². The molecule has 3 aromatic rings. The first-order valence-electron chi connectivity index (χ1n) is 11.5. The number of nitrogens with zero attached hydrogens (tertiary/aromatic N) is 2. The molecule has 1 saturated heterocycles. The van der Waals surface area contributed by atoms with Crippen molar-refractivity contribution in [3.05, 3.63) is 101 Å². The SMILES string of the molecule is COc1cncc(C(=O)N[C@H](C)c2ccc(C(=C3CCN(C)CC3)c3ccc(F)cc3)cc2)c1. The Balaban J connectivity index is 1.56. The fourth-order valence-electron chi connectivity index (χ4n) is 4.29. The van der Waals surface area contributed by atoms with Crippen molar-refractivity contribution < 1.29 is 13.9 Å². The first kappa shape index (κ1) is 23.6. The molecule has 0 saturated carbocycles. The van der Waals surface area contributed by atoms with Crippen molar-refractivity contribution >= 4 is 11.5 Å². The molecule has 1 aliphatic heterocycles. The van der Waals surface area contributed by atoms with E-state index >= 15 is 0 Å². The molecular weight excluding hydrogens is 429 g/mol. The van der Waals surface area contributed by atoms with Crippen LogP contribution in [0, 0.1) is 5.82 Å². The second kappa shape index (κ2) is 10.6. The van der Waals surface area contributed by atoms with Gasteiger partial charge in [0.2, 0.25) is 0 Å². The van der Waals surface area contributed by atoms with Gasteiger partial charge in [0.15, 0.2) is 0 Å². The highest BCUT2D eigenvalue weighted by Gasteiger charge is 2.18. The van der Waals surface area contributed by atoms with E-state index in [1.807, 2.05) is 31.2 Å². The summed E-state index contributed by atoms with van der Waals surface area (Å²) in [5, 5.41) is 3.02. The van der Waals surface area contributed by atoms with Crippen molar-refractivity contribution in [3.63, 3.8) is 0 Å². The Labute approximate surface area is 200 Å². The first-order valence-corrected chi connectivity index (χ1v) is 11.5. The zero-order valence-corrected chi connectivity index (χ0v) is 19.8. The molecule has 1 fully saturated rings. The summed E-state index contributed by atoms with van der Waals surface area (Å²) in [6, 6.07) is 16.5. The third-order valence-electron chi connectivity index (χ3n) is 6.34. The van der Waals surface area contributed by atoms with Crippen molar-refractivity contribution in [2.24, 2.45) is 0 Å². The average Bonchev–Trinajstić information content (AvgIpc) is 2.87. The number of ether oxygens (including phenoxy) is 1. The summed E-state index contributed by atoms with van der Waals surface area (Å²) < 4.78 is 18.7. The molecule has 1 aliphatic rings. The summed E-state index contributed by atoms with van der Waals surface area (Å²) in [4.78, 5) is 19.1. The number of likely N-dealkylation sites (tertiary alicyclic amines) is 1. The monoisotopic (exact) mass is 459 g/mol. The van der Waals surface area contributed by atoms with Crippen LogP contribution in [0.25, 0.3) is 5.57 Å². The third-order valence-corrected chi connectivity index (χ3v) is 6.34. The number of pyridine rings is 1. The van der Waals surface area contributed by atoms with Gasteiger partial charge >= 0.3 is 0 Å². The topological polar surface area (TPSA) is 54.5 Å². The molecule has 2 heterocycles. The number of hydrogen-bond donors (Lipinski definition) is 1. The van der Waals surface area contributed by atoms with Gasteiger partial charge in [0.25, 0.3) is 5.91 Å². The molecule has 1 N–H and O–H groups in total. The van der Waals surface area contributed by atoms with Crippen LogP contribution in [0.2, 0.25) is 0 Å². The van der Waals surface area contributed by atoms with E-state index in [4.69, 9.17) is 4.74 Å². The maximum Gasteiger partial charge on any atom is 0.253 e. The highest BCUT2D eigenvalue weighted by atomic mass is 19.1. The summed E-state index contributed by atoms with van der Waals surface area (Å²) >= 11 is 0. The molecule has 1 aromatic heterocycles. The number of carbonyl (C=O) groups is 1. The molecule has 5 nitrogen and oxygen atoms in total. The number of nitrogens with one attached hydrogen (secondary N) is 1. The van der Waals surface area contributed by atoms with Gasteiger partial charge in [0, 0.05) is 19.3 Å². The number of carbonyl (C=O) groups excluding carboxylic acids is 1. The number of amides is 1. The second-order valence-corrected chi connectivity index (χ2v) is 8.72. The van der Waals surface area contributed by atoms with E-state index < -0.39 is 0 Å². The molecule has 6 heteroatoms. The highest BCUT2D eigenvalue weighted by molar-refractivity contribution is 5.94. The van der Waals surface area contributed by atoms with Crippen LogP contribution in [0.3, 0.4) is 0 Å². The van der Waals surface area contributed by atoms with Gasteiger partial charge in [-0.05, 0) is 67.3 Å². The fraction of sp³-hybridized carbons (Fsp3) is 0.286. The maximum atomic E-state index is 13.6. The van der Waals surface area contributed by atoms with E-state index in [0.29, 0.717) is 11.3 Å². The zero-order chi connectivity index (χ0) is 24.1. The number of piperidine rings is 1. The van der Waals surface area contributed by atoms with Gasteiger partial charge in [-0.2, -0.15) is 0 Å². The molecule has 0 radical (unpaired) electrons. The molecule has 1 atom stereocenters. The Morgan fingerprint density at radius 2 is 1.62 bits per heavy atom. The van der Waals surface area contributed by atoms with Crippen LogP contribution in [0.5, 0.6) is 5.75 Å². The van der Waals surface area contributed by atoms with Crippen LogP contribution < -0.4 is 10.1 Å². The Morgan fingerprint density at radius 3 is 2.24 bits per heavy atom. The maximum absolute atomic E-state index is 13.6. The summed E-state index contributed by atoms with van der Waals surface area (Å²) in [5.41, 5.74) is 6.15. The van der Waals surface area contributed by atoms with Crippen molar-refractivity contribution in [3.8, 4) is 5.75 Å². The lowest BCUT2D eigenvalue weighted by molar-refractivity contribution is 0.0939. The van der Waals surface area contributed by atoms with Crippen molar-refractivity contribution in [1.82, 2.24) is 15.2 Å². The number of methoxy groups -OCH3 is 1. The average molecular weight is 460 g/mol. The van der Waals surface area contributed by atoms with Crippen molar-refractivity contribution in [2.45, 2.75) is 25.8 Å². The van der Waals surface area contributed by atoms with Gasteiger partial charge in [0.1, 0.15) is 11.6 Å². The predicted octanol–water partition coefficient (Wildman–Crippen LogP) is 5.25. The van der Waals surface area contributed by atoms with E-state index in [1.54, 1.807) is 19.4 Å². The lowest BCUT2D eigenvalue weighted by Gasteiger charge is -2.27. The van der Waals surface area contributed by atoms with Crippen molar-refractivity contribution in [2.75, 3.05) is 27.2 Å². The smallest absolute Gasteiger partial charge is 0.253 e. The Hall–Kier alpha value is -3.51. The highest BCUT2D eigenvalue weighted by Crippen LogP contribution is 2.33. The number of benzene rings is 2. The number of halogens is 1. The van der Waals surface area contributed by atoms with E-state index in [9.17, 15) is 9.18 Å². The molecule has 0 bridgehead atoms. The minimum absolute atomic E-state index is 0.182. The van der Waals surface area contributed by atoms with Crippen LogP contribution >= 0.6 is 0 Å². The molecule has 0 spiro atoms. The molecule has 1 amide bonds. The quantitative estimate of drug-likeness (QED) is 0.547. The molecule has 34 heavy (non-hydrogen) atoms. The standard InChI is InChI=1S/C28H30FN3O2/c1-19(31-28(33)24-16-26(34-3)18-30-17-24)20-4-6-21(7-5-20)27(22-8-10-25(29)11-9-22)23-12-14-32(2)15-13-23/h4-11,16-19H,12-15H2,1-3H3,(H,31,33)/t19-/m1/s1.